The summed E-state index contributed by atoms with van der Waals surface area (Å²) in [6.45, 7) is 8.27. The Morgan fingerprint density at radius 1 is 1.00 bits per heavy atom. The molecule has 4 rings (SSSR count). The second-order valence-corrected chi connectivity index (χ2v) is 7.17. The molecule has 2 fully saturated rings. The third-order valence-corrected chi connectivity index (χ3v) is 5.42. The van der Waals surface area contributed by atoms with Crippen molar-refractivity contribution in [2.75, 3.05) is 50.7 Å². The van der Waals surface area contributed by atoms with Crippen molar-refractivity contribution in [3.63, 3.8) is 0 Å². The molecule has 0 N–H and O–H groups in total. The van der Waals surface area contributed by atoms with Crippen LogP contribution in [0.3, 0.4) is 0 Å². The van der Waals surface area contributed by atoms with E-state index in [1.807, 2.05) is 4.90 Å². The van der Waals surface area contributed by atoms with Crippen molar-refractivity contribution in [2.24, 2.45) is 0 Å². The number of hydrogen-bond donors (Lipinski definition) is 0. The summed E-state index contributed by atoms with van der Waals surface area (Å²) in [5.41, 5.74) is 2.31. The van der Waals surface area contributed by atoms with Crippen LogP contribution in [0.1, 0.15) is 18.4 Å². The molecule has 0 spiro atoms. The zero-order valence-electron chi connectivity index (χ0n) is 14.9. The molecule has 0 atom stereocenters. The fourth-order valence-corrected chi connectivity index (χ4v) is 3.85. The van der Waals surface area contributed by atoms with Crippen molar-refractivity contribution in [3.8, 4) is 0 Å². The number of anilines is 1. The Balaban J connectivity index is 1.38. The molecular weight excluding hydrogens is 312 g/mol. The number of para-hydroxylation sites is 1. The molecule has 5 nitrogen and oxygen atoms in total. The lowest BCUT2D eigenvalue weighted by atomic mass is 10.1. The Morgan fingerprint density at radius 2 is 1.76 bits per heavy atom. The van der Waals surface area contributed by atoms with Gasteiger partial charge in [0, 0.05) is 44.7 Å². The maximum absolute atomic E-state index is 12.3. The molecule has 0 bridgehead atoms. The van der Waals surface area contributed by atoms with Crippen LogP contribution in [0, 0.1) is 6.92 Å². The molecule has 0 unspecified atom stereocenters. The fourth-order valence-electron chi connectivity index (χ4n) is 3.85. The lowest BCUT2D eigenvalue weighted by Crippen LogP contribution is -2.50. The SMILES string of the molecule is Cc1cccc2ccc(N3CCN(CC(=O)N4CCCC4)CC3)nc12. The highest BCUT2D eigenvalue weighted by Gasteiger charge is 2.24. The number of nitrogens with zero attached hydrogens (tertiary/aromatic N) is 4. The van der Waals surface area contributed by atoms with Crippen LogP contribution >= 0.6 is 0 Å². The number of piperazine rings is 1. The number of hydrogen-bond acceptors (Lipinski definition) is 4. The van der Waals surface area contributed by atoms with Crippen LogP contribution in [0.25, 0.3) is 10.9 Å². The third-order valence-electron chi connectivity index (χ3n) is 5.42. The number of benzene rings is 1. The maximum Gasteiger partial charge on any atom is 0.236 e. The highest BCUT2D eigenvalue weighted by atomic mass is 16.2. The molecule has 132 valence electrons. The molecule has 2 aliphatic heterocycles. The standard InChI is InChI=1S/C20H26N4O/c1-16-5-4-6-17-7-8-18(21-20(16)17)23-13-11-22(12-14-23)15-19(25)24-9-2-3-10-24/h4-8H,2-3,9-15H2,1H3. The second-order valence-electron chi connectivity index (χ2n) is 7.17. The van der Waals surface area contributed by atoms with Gasteiger partial charge in [-0.1, -0.05) is 18.2 Å². The van der Waals surface area contributed by atoms with E-state index in [1.165, 1.54) is 10.9 Å². The van der Waals surface area contributed by atoms with Crippen LogP contribution in [0.15, 0.2) is 30.3 Å². The normalized spacial score (nSPS) is 18.9. The van der Waals surface area contributed by atoms with Gasteiger partial charge in [-0.05, 0) is 37.5 Å². The molecular formula is C20H26N4O. The molecule has 2 aromatic rings. The molecule has 0 radical (unpaired) electrons. The van der Waals surface area contributed by atoms with E-state index in [1.54, 1.807) is 0 Å². The van der Waals surface area contributed by atoms with E-state index in [-0.39, 0.29) is 0 Å². The molecule has 1 aromatic carbocycles. The predicted molar refractivity (Wildman–Crippen MR) is 101 cm³/mol. The van der Waals surface area contributed by atoms with Crippen LogP contribution in [0.5, 0.6) is 0 Å². The number of carbonyl (C=O) groups is 1. The van der Waals surface area contributed by atoms with Gasteiger partial charge in [-0.3, -0.25) is 9.69 Å². The molecule has 25 heavy (non-hydrogen) atoms. The Kier molecular flexibility index (Phi) is 4.57. The number of rotatable bonds is 3. The van der Waals surface area contributed by atoms with Crippen LogP contribution < -0.4 is 4.90 Å². The van der Waals surface area contributed by atoms with Gasteiger partial charge in [-0.2, -0.15) is 0 Å². The van der Waals surface area contributed by atoms with Crippen molar-refractivity contribution in [1.29, 1.82) is 0 Å². The average molecular weight is 338 g/mol. The highest BCUT2D eigenvalue weighted by Crippen LogP contribution is 2.21. The number of fused-ring (bicyclic) bond motifs is 1. The monoisotopic (exact) mass is 338 g/mol. The summed E-state index contributed by atoms with van der Waals surface area (Å²) in [6.07, 6.45) is 2.32. The van der Waals surface area contributed by atoms with Gasteiger partial charge in [0.05, 0.1) is 12.1 Å². The van der Waals surface area contributed by atoms with E-state index in [0.717, 1.165) is 63.4 Å². The molecule has 2 aliphatic rings. The summed E-state index contributed by atoms with van der Waals surface area (Å²) < 4.78 is 0. The summed E-state index contributed by atoms with van der Waals surface area (Å²) in [5.74, 6) is 1.35. The molecule has 3 heterocycles. The molecule has 1 aromatic heterocycles. The minimum atomic E-state index is 0.297. The average Bonchev–Trinajstić information content (AvgIpc) is 3.17. The van der Waals surface area contributed by atoms with Crippen LogP contribution in [0.4, 0.5) is 5.82 Å². The van der Waals surface area contributed by atoms with Crippen LogP contribution in [-0.2, 0) is 4.79 Å². The van der Waals surface area contributed by atoms with Crippen molar-refractivity contribution in [1.82, 2.24) is 14.8 Å². The first-order valence-electron chi connectivity index (χ1n) is 9.32. The molecule has 0 aliphatic carbocycles. The Hall–Kier alpha value is -2.14. The minimum Gasteiger partial charge on any atom is -0.354 e. The van der Waals surface area contributed by atoms with Gasteiger partial charge in [0.1, 0.15) is 5.82 Å². The van der Waals surface area contributed by atoms with Crippen molar-refractivity contribution < 1.29 is 4.79 Å². The number of aryl methyl sites for hydroxylation is 1. The Bertz CT molecular complexity index is 761. The van der Waals surface area contributed by atoms with Gasteiger partial charge in [0.2, 0.25) is 5.91 Å². The van der Waals surface area contributed by atoms with Gasteiger partial charge in [-0.25, -0.2) is 4.98 Å². The summed E-state index contributed by atoms with van der Waals surface area (Å²) in [7, 11) is 0. The van der Waals surface area contributed by atoms with E-state index in [4.69, 9.17) is 4.98 Å². The number of carbonyl (C=O) groups excluding carboxylic acids is 1. The van der Waals surface area contributed by atoms with Crippen molar-refractivity contribution in [2.45, 2.75) is 19.8 Å². The van der Waals surface area contributed by atoms with E-state index >= 15 is 0 Å². The molecule has 0 saturated carbocycles. The smallest absolute Gasteiger partial charge is 0.236 e. The lowest BCUT2D eigenvalue weighted by Gasteiger charge is -2.35. The van der Waals surface area contributed by atoms with Gasteiger partial charge < -0.3 is 9.80 Å². The van der Waals surface area contributed by atoms with E-state index < -0.39 is 0 Å². The molecule has 1 amide bonds. The third kappa shape index (κ3) is 3.47. The molecule has 5 heteroatoms. The van der Waals surface area contributed by atoms with Crippen LogP contribution in [-0.4, -0.2) is 66.5 Å². The first-order chi connectivity index (χ1) is 12.2. The van der Waals surface area contributed by atoms with Crippen molar-refractivity contribution in [3.05, 3.63) is 35.9 Å². The van der Waals surface area contributed by atoms with Crippen molar-refractivity contribution >= 4 is 22.6 Å². The number of likely N-dealkylation sites (tertiary alicyclic amines) is 1. The van der Waals surface area contributed by atoms with E-state index in [2.05, 4.69) is 47.1 Å². The lowest BCUT2D eigenvalue weighted by molar-refractivity contribution is -0.131. The Morgan fingerprint density at radius 3 is 2.52 bits per heavy atom. The first kappa shape index (κ1) is 16.3. The predicted octanol–water partition coefficient (Wildman–Crippen LogP) is 2.29. The zero-order valence-corrected chi connectivity index (χ0v) is 14.9. The Labute approximate surface area is 149 Å². The largest absolute Gasteiger partial charge is 0.354 e. The number of aromatic nitrogens is 1. The fraction of sp³-hybridized carbons (Fsp3) is 0.500. The van der Waals surface area contributed by atoms with E-state index in [0.29, 0.717) is 12.5 Å². The summed E-state index contributed by atoms with van der Waals surface area (Å²) in [4.78, 5) is 23.8. The van der Waals surface area contributed by atoms with Gasteiger partial charge in [0.25, 0.3) is 0 Å². The van der Waals surface area contributed by atoms with Gasteiger partial charge in [-0.15, -0.1) is 0 Å². The summed E-state index contributed by atoms with van der Waals surface area (Å²) in [5, 5.41) is 1.19. The number of amides is 1. The van der Waals surface area contributed by atoms with Crippen LogP contribution in [0.2, 0.25) is 0 Å². The topological polar surface area (TPSA) is 39.7 Å². The highest BCUT2D eigenvalue weighted by molar-refractivity contribution is 5.83. The minimum absolute atomic E-state index is 0.297. The van der Waals surface area contributed by atoms with Gasteiger partial charge in [0.15, 0.2) is 0 Å². The summed E-state index contributed by atoms with van der Waals surface area (Å²) in [6, 6.07) is 10.6. The maximum atomic E-state index is 12.3. The first-order valence-corrected chi connectivity index (χ1v) is 9.32. The number of pyridine rings is 1. The second kappa shape index (κ2) is 7.00. The summed E-state index contributed by atoms with van der Waals surface area (Å²) >= 11 is 0. The quantitative estimate of drug-likeness (QED) is 0.861. The zero-order chi connectivity index (χ0) is 17.2. The van der Waals surface area contributed by atoms with Gasteiger partial charge >= 0.3 is 0 Å². The van der Waals surface area contributed by atoms with E-state index in [9.17, 15) is 4.79 Å². The molecule has 2 saturated heterocycles.